The summed E-state index contributed by atoms with van der Waals surface area (Å²) >= 11 is 0. The highest BCUT2D eigenvalue weighted by atomic mass is 16.3. The molecule has 0 radical (unpaired) electrons. The molecular formula is C3H3N5O. The Kier molecular flexibility index (Phi) is 1.63. The molecule has 6 nitrogen and oxygen atoms in total. The summed E-state index contributed by atoms with van der Waals surface area (Å²) in [4.78, 5) is 13.1. The summed E-state index contributed by atoms with van der Waals surface area (Å²) in [6.07, 6.45) is 2.80. The van der Waals surface area contributed by atoms with Gasteiger partial charge in [-0.15, -0.1) is 10.0 Å². The highest BCUT2D eigenvalue weighted by molar-refractivity contribution is 5.17. The normalized spacial score (nSPS) is 8.44. The molecule has 1 aromatic heterocycles. The summed E-state index contributed by atoms with van der Waals surface area (Å²) in [5, 5.41) is 9.17. The Morgan fingerprint density at radius 3 is 3.00 bits per heavy atom. The average molecular weight is 125 g/mol. The molecule has 1 rings (SSSR count). The van der Waals surface area contributed by atoms with Gasteiger partial charge < -0.3 is 0 Å². The highest BCUT2D eigenvalue weighted by Crippen LogP contribution is 1.88. The molecule has 0 aliphatic heterocycles. The van der Waals surface area contributed by atoms with Crippen LogP contribution in [-0.4, -0.2) is 15.2 Å². The van der Waals surface area contributed by atoms with E-state index < -0.39 is 0 Å². The summed E-state index contributed by atoms with van der Waals surface area (Å²) in [6.45, 7) is 0. The molecule has 9 heavy (non-hydrogen) atoms. The average Bonchev–Trinajstić information content (AvgIpc) is 1.91. The molecule has 0 amide bonds. The number of nitrogens with zero attached hydrogens (tertiary/aromatic N) is 4. The number of aromatic nitrogens is 3. The standard InChI is InChI=1S/C3H3N5O/c9-8-7-3-4-1-2-5-6-3/h1-2H,(H,4,6,7,9). The van der Waals surface area contributed by atoms with E-state index in [1.165, 1.54) is 12.4 Å². The molecule has 0 atom stereocenters. The van der Waals surface area contributed by atoms with E-state index in [1.807, 2.05) is 5.43 Å². The fourth-order valence-corrected chi connectivity index (χ4v) is 0.340. The first kappa shape index (κ1) is 5.54. The van der Waals surface area contributed by atoms with Crippen LogP contribution in [0.1, 0.15) is 0 Å². The van der Waals surface area contributed by atoms with E-state index in [9.17, 15) is 4.91 Å². The maximum atomic E-state index is 9.51. The summed E-state index contributed by atoms with van der Waals surface area (Å²) in [5.41, 5.74) is 1.99. The Morgan fingerprint density at radius 2 is 2.44 bits per heavy atom. The lowest BCUT2D eigenvalue weighted by molar-refractivity contribution is 0.960. The Bertz CT molecular complexity index is 187. The summed E-state index contributed by atoms with van der Waals surface area (Å²) in [6, 6.07) is 0. The molecule has 46 valence electrons. The number of anilines is 1. The van der Waals surface area contributed by atoms with E-state index in [-0.39, 0.29) is 5.95 Å². The van der Waals surface area contributed by atoms with Crippen molar-refractivity contribution in [1.29, 1.82) is 0 Å². The van der Waals surface area contributed by atoms with Crippen LogP contribution < -0.4 is 5.43 Å². The predicted molar refractivity (Wildman–Crippen MR) is 29.2 cm³/mol. The van der Waals surface area contributed by atoms with E-state index >= 15 is 0 Å². The number of hydrogen-bond donors (Lipinski definition) is 1. The van der Waals surface area contributed by atoms with Gasteiger partial charge in [-0.2, -0.15) is 5.10 Å². The lowest BCUT2D eigenvalue weighted by Crippen LogP contribution is -1.94. The molecule has 6 heteroatoms. The fourth-order valence-electron chi connectivity index (χ4n) is 0.340. The molecule has 0 aliphatic rings. The van der Waals surface area contributed by atoms with Crippen molar-refractivity contribution in [3.63, 3.8) is 0 Å². The second-order valence-electron chi connectivity index (χ2n) is 1.17. The van der Waals surface area contributed by atoms with Gasteiger partial charge in [0.1, 0.15) is 0 Å². The van der Waals surface area contributed by atoms with Crippen LogP contribution in [0.25, 0.3) is 0 Å². The summed E-state index contributed by atoms with van der Waals surface area (Å²) in [5.74, 6) is 0.104. The van der Waals surface area contributed by atoms with Gasteiger partial charge in [-0.25, -0.2) is 10.4 Å². The quantitative estimate of drug-likeness (QED) is 0.443. The van der Waals surface area contributed by atoms with E-state index in [0.717, 1.165) is 0 Å². The first-order valence-corrected chi connectivity index (χ1v) is 2.15. The van der Waals surface area contributed by atoms with Gasteiger partial charge >= 0.3 is 0 Å². The number of nitroso groups, excluding NO2 is 1. The van der Waals surface area contributed by atoms with Crippen LogP contribution in [0.5, 0.6) is 0 Å². The largest absolute Gasteiger partial charge is 0.265 e. The topological polar surface area (TPSA) is 80.1 Å². The number of rotatable bonds is 2. The van der Waals surface area contributed by atoms with Crippen LogP contribution in [-0.2, 0) is 0 Å². The smallest absolute Gasteiger partial charge is 0.217 e. The van der Waals surface area contributed by atoms with Crippen LogP contribution in [0.3, 0.4) is 0 Å². The Balaban J connectivity index is 2.72. The lowest BCUT2D eigenvalue weighted by atomic mass is 10.9. The van der Waals surface area contributed by atoms with Crippen LogP contribution in [0.15, 0.2) is 17.7 Å². The van der Waals surface area contributed by atoms with E-state index in [4.69, 9.17) is 0 Å². The fraction of sp³-hybridized carbons (Fsp3) is 0. The molecule has 0 aliphatic carbocycles. The lowest BCUT2D eigenvalue weighted by Gasteiger charge is -1.87. The SMILES string of the molecule is O=NNc1nccnn1. The highest BCUT2D eigenvalue weighted by Gasteiger charge is 1.87. The molecule has 1 N–H and O–H groups in total. The first-order chi connectivity index (χ1) is 4.43. The first-order valence-electron chi connectivity index (χ1n) is 2.15. The van der Waals surface area contributed by atoms with Crippen molar-refractivity contribution in [2.75, 3.05) is 5.43 Å². The zero-order valence-electron chi connectivity index (χ0n) is 4.35. The Hall–Kier alpha value is -1.59. The maximum absolute atomic E-state index is 9.51. The van der Waals surface area contributed by atoms with E-state index in [2.05, 4.69) is 20.5 Å². The maximum Gasteiger partial charge on any atom is 0.265 e. The van der Waals surface area contributed by atoms with Gasteiger partial charge in [0.2, 0.25) is 0 Å². The minimum Gasteiger partial charge on any atom is -0.217 e. The molecule has 1 aromatic rings. The van der Waals surface area contributed by atoms with Gasteiger partial charge in [0, 0.05) is 0 Å². The summed E-state index contributed by atoms with van der Waals surface area (Å²) < 4.78 is 0. The zero-order valence-corrected chi connectivity index (χ0v) is 4.35. The summed E-state index contributed by atoms with van der Waals surface area (Å²) in [7, 11) is 0. The number of nitrogens with one attached hydrogen (secondary N) is 1. The van der Waals surface area contributed by atoms with Gasteiger partial charge in [0.05, 0.1) is 17.7 Å². The van der Waals surface area contributed by atoms with Crippen molar-refractivity contribution >= 4 is 5.95 Å². The van der Waals surface area contributed by atoms with Crippen LogP contribution in [0, 0.1) is 4.91 Å². The van der Waals surface area contributed by atoms with E-state index in [0.29, 0.717) is 0 Å². The third-order valence-electron chi connectivity index (χ3n) is 0.628. The number of hydrogen-bond acceptors (Lipinski definition) is 5. The minimum atomic E-state index is 0.104. The van der Waals surface area contributed by atoms with Gasteiger partial charge in [-0.1, -0.05) is 0 Å². The van der Waals surface area contributed by atoms with Gasteiger partial charge in [0.25, 0.3) is 5.95 Å². The van der Waals surface area contributed by atoms with E-state index in [1.54, 1.807) is 0 Å². The van der Waals surface area contributed by atoms with Crippen molar-refractivity contribution in [1.82, 2.24) is 15.2 Å². The monoisotopic (exact) mass is 125 g/mol. The Labute approximate surface area is 50.3 Å². The molecule has 0 aromatic carbocycles. The van der Waals surface area contributed by atoms with Crippen molar-refractivity contribution < 1.29 is 0 Å². The molecule has 0 fully saturated rings. The van der Waals surface area contributed by atoms with Crippen LogP contribution in [0.4, 0.5) is 5.95 Å². The van der Waals surface area contributed by atoms with Gasteiger partial charge in [0.15, 0.2) is 0 Å². The second-order valence-corrected chi connectivity index (χ2v) is 1.17. The molecular weight excluding hydrogens is 122 g/mol. The Morgan fingerprint density at radius 1 is 1.56 bits per heavy atom. The third-order valence-corrected chi connectivity index (χ3v) is 0.628. The molecule has 0 spiro atoms. The molecule has 0 bridgehead atoms. The van der Waals surface area contributed by atoms with Crippen LogP contribution >= 0.6 is 0 Å². The van der Waals surface area contributed by atoms with Crippen molar-refractivity contribution in [2.45, 2.75) is 0 Å². The minimum absolute atomic E-state index is 0.104. The second kappa shape index (κ2) is 2.65. The van der Waals surface area contributed by atoms with Gasteiger partial charge in [-0.05, 0) is 0 Å². The van der Waals surface area contributed by atoms with Crippen molar-refractivity contribution in [2.24, 2.45) is 5.29 Å². The van der Waals surface area contributed by atoms with Gasteiger partial charge in [-0.3, -0.25) is 0 Å². The zero-order chi connectivity index (χ0) is 6.53. The van der Waals surface area contributed by atoms with Crippen molar-refractivity contribution in [3.05, 3.63) is 17.3 Å². The molecule has 0 unspecified atom stereocenters. The molecule has 0 saturated heterocycles. The van der Waals surface area contributed by atoms with Crippen LogP contribution in [0.2, 0.25) is 0 Å². The molecule has 1 heterocycles. The predicted octanol–water partition coefficient (Wildman–Crippen LogP) is -0.0351. The molecule has 0 saturated carbocycles. The third kappa shape index (κ3) is 1.41. The van der Waals surface area contributed by atoms with Crippen molar-refractivity contribution in [3.8, 4) is 0 Å².